The number of hydrogen-bond acceptors (Lipinski definition) is 1. The van der Waals surface area contributed by atoms with E-state index >= 15 is 0 Å². The number of rotatable bonds is 7. The number of aromatic nitrogens is 2. The summed E-state index contributed by atoms with van der Waals surface area (Å²) in [7, 11) is -2.66. The van der Waals surface area contributed by atoms with E-state index in [2.05, 4.69) is 246 Å². The van der Waals surface area contributed by atoms with Gasteiger partial charge in [0.05, 0.1) is 22.1 Å². The van der Waals surface area contributed by atoms with E-state index in [9.17, 15) is 0 Å². The summed E-state index contributed by atoms with van der Waals surface area (Å²) in [6, 6.07) is 89.2. The molecule has 300 valence electrons. The van der Waals surface area contributed by atoms with Crippen LogP contribution in [0.4, 0.5) is 0 Å². The molecule has 0 radical (unpaired) electrons. The fourth-order valence-electron chi connectivity index (χ4n) is 10.7. The maximum atomic E-state index is 6.29. The third-order valence-corrected chi connectivity index (χ3v) is 18.3. The third kappa shape index (κ3) is 5.39. The van der Waals surface area contributed by atoms with Crippen LogP contribution in [0, 0.1) is 0 Å². The van der Waals surface area contributed by atoms with Gasteiger partial charge in [0.2, 0.25) is 0 Å². The Labute approximate surface area is 371 Å². The average Bonchev–Trinajstić information content (AvgIpc) is 4.03. The van der Waals surface area contributed by atoms with Crippen LogP contribution in [0.2, 0.25) is 0 Å². The molecule has 0 fully saturated rings. The van der Waals surface area contributed by atoms with Crippen LogP contribution in [0.1, 0.15) is 0 Å². The van der Waals surface area contributed by atoms with E-state index in [-0.39, 0.29) is 0 Å². The molecule has 64 heavy (non-hydrogen) atoms. The monoisotopic (exact) mass is 832 g/mol. The van der Waals surface area contributed by atoms with Gasteiger partial charge in [-0.05, 0) is 98.6 Å². The highest BCUT2D eigenvalue weighted by Crippen LogP contribution is 2.41. The number of furan rings is 1. The Morgan fingerprint density at radius 1 is 0.297 bits per heavy atom. The Balaban J connectivity index is 0.968. The Morgan fingerprint density at radius 2 is 0.750 bits per heavy atom. The lowest BCUT2D eigenvalue weighted by Gasteiger charge is -2.34. The van der Waals surface area contributed by atoms with Crippen molar-refractivity contribution >= 4 is 94.4 Å². The van der Waals surface area contributed by atoms with Crippen LogP contribution in [0.5, 0.6) is 0 Å². The third-order valence-electron chi connectivity index (χ3n) is 13.5. The highest BCUT2D eigenvalue weighted by molar-refractivity contribution is 7.19. The van der Waals surface area contributed by atoms with Crippen molar-refractivity contribution in [2.24, 2.45) is 0 Å². The van der Waals surface area contributed by atoms with Gasteiger partial charge in [0.1, 0.15) is 11.2 Å². The SMILES string of the molecule is c1ccc([Si](c2ccccc2)(c2ccccc2)c2ccc(-n3c4ccccc4c4cc(-n5c6ccccc6c6cc(-c7cccc8oc9ccccc9c78)ccc65)ccc43)cc2)cc1. The highest BCUT2D eigenvalue weighted by Gasteiger charge is 2.41. The van der Waals surface area contributed by atoms with Crippen LogP contribution < -0.4 is 20.7 Å². The molecule has 0 saturated heterocycles. The first kappa shape index (κ1) is 36.5. The van der Waals surface area contributed by atoms with Crippen LogP contribution >= 0.6 is 0 Å². The molecule has 3 nitrogen and oxygen atoms in total. The summed E-state index contributed by atoms with van der Waals surface area (Å²) in [6.45, 7) is 0. The molecule has 13 aromatic rings. The Hall–Kier alpha value is -8.18. The van der Waals surface area contributed by atoms with E-state index in [1.807, 2.05) is 6.07 Å². The van der Waals surface area contributed by atoms with Gasteiger partial charge in [-0.15, -0.1) is 0 Å². The second kappa shape index (κ2) is 14.5. The minimum absolute atomic E-state index is 0.908. The van der Waals surface area contributed by atoms with Crippen molar-refractivity contribution in [3.8, 4) is 22.5 Å². The minimum atomic E-state index is -2.66. The van der Waals surface area contributed by atoms with Gasteiger partial charge < -0.3 is 13.6 Å². The van der Waals surface area contributed by atoms with E-state index in [0.717, 1.165) is 33.3 Å². The molecule has 0 unspecified atom stereocenters. The summed E-state index contributed by atoms with van der Waals surface area (Å²) in [4.78, 5) is 0. The summed E-state index contributed by atoms with van der Waals surface area (Å²) in [5, 5.41) is 12.7. The van der Waals surface area contributed by atoms with Gasteiger partial charge in [-0.3, -0.25) is 0 Å². The predicted molar refractivity (Wildman–Crippen MR) is 271 cm³/mol. The molecule has 0 saturated carbocycles. The molecule has 0 aliphatic rings. The summed E-state index contributed by atoms with van der Waals surface area (Å²) in [6.07, 6.45) is 0. The second-order valence-corrected chi connectivity index (χ2v) is 20.6. The van der Waals surface area contributed by atoms with Gasteiger partial charge in [0.25, 0.3) is 0 Å². The molecule has 10 aromatic carbocycles. The summed E-state index contributed by atoms with van der Waals surface area (Å²) in [5.41, 5.74) is 11.2. The molecule has 0 bridgehead atoms. The van der Waals surface area contributed by atoms with E-state index in [4.69, 9.17) is 4.42 Å². The smallest absolute Gasteiger partial charge is 0.179 e. The van der Waals surface area contributed by atoms with Gasteiger partial charge in [-0.25, -0.2) is 0 Å². The second-order valence-electron chi connectivity index (χ2n) is 16.8. The molecule has 0 aliphatic heterocycles. The lowest BCUT2D eigenvalue weighted by molar-refractivity contribution is 0.669. The molecule has 4 heteroatoms. The Kier molecular flexibility index (Phi) is 8.23. The molecule has 0 spiro atoms. The maximum absolute atomic E-state index is 6.29. The van der Waals surface area contributed by atoms with Gasteiger partial charge in [0.15, 0.2) is 8.07 Å². The van der Waals surface area contributed by atoms with Crippen LogP contribution in [0.3, 0.4) is 0 Å². The van der Waals surface area contributed by atoms with Gasteiger partial charge >= 0.3 is 0 Å². The number of benzene rings is 10. The first-order chi connectivity index (χ1) is 31.8. The molecular formula is C60H40N2OSi. The van der Waals surface area contributed by atoms with Crippen molar-refractivity contribution in [1.29, 1.82) is 0 Å². The van der Waals surface area contributed by atoms with Gasteiger partial charge in [0, 0.05) is 43.7 Å². The zero-order valence-corrected chi connectivity index (χ0v) is 35.9. The Bertz CT molecular complexity index is 3790. The Morgan fingerprint density at radius 3 is 1.38 bits per heavy atom. The molecular weight excluding hydrogens is 793 g/mol. The quantitative estimate of drug-likeness (QED) is 0.116. The van der Waals surface area contributed by atoms with Gasteiger partial charge in [-0.1, -0.05) is 176 Å². The predicted octanol–water partition coefficient (Wildman–Crippen LogP) is 12.8. The van der Waals surface area contributed by atoms with Crippen LogP contribution in [0.25, 0.3) is 88.1 Å². The molecule has 0 aliphatic carbocycles. The minimum Gasteiger partial charge on any atom is -0.456 e. The summed E-state index contributed by atoms with van der Waals surface area (Å²) in [5.74, 6) is 0. The average molecular weight is 833 g/mol. The fourth-order valence-corrected chi connectivity index (χ4v) is 15.5. The first-order valence-electron chi connectivity index (χ1n) is 22.0. The molecule has 3 aromatic heterocycles. The molecule has 13 rings (SSSR count). The fraction of sp³-hybridized carbons (Fsp3) is 0. The van der Waals surface area contributed by atoms with Crippen molar-refractivity contribution in [2.45, 2.75) is 0 Å². The van der Waals surface area contributed by atoms with E-state index in [1.165, 1.54) is 75.5 Å². The lowest BCUT2D eigenvalue weighted by Crippen LogP contribution is -2.74. The zero-order valence-electron chi connectivity index (χ0n) is 34.9. The first-order valence-corrected chi connectivity index (χ1v) is 24.0. The van der Waals surface area contributed by atoms with E-state index in [1.54, 1.807) is 0 Å². The van der Waals surface area contributed by atoms with Crippen LogP contribution in [-0.2, 0) is 0 Å². The van der Waals surface area contributed by atoms with Crippen molar-refractivity contribution in [3.63, 3.8) is 0 Å². The maximum Gasteiger partial charge on any atom is 0.179 e. The van der Waals surface area contributed by atoms with Crippen molar-refractivity contribution in [3.05, 3.63) is 243 Å². The lowest BCUT2D eigenvalue weighted by atomic mass is 9.98. The van der Waals surface area contributed by atoms with Gasteiger partial charge in [-0.2, -0.15) is 0 Å². The number of hydrogen-bond donors (Lipinski definition) is 0. The van der Waals surface area contributed by atoms with Crippen LogP contribution in [-0.4, -0.2) is 17.2 Å². The number of fused-ring (bicyclic) bond motifs is 9. The molecule has 0 amide bonds. The van der Waals surface area contributed by atoms with Crippen LogP contribution in [0.15, 0.2) is 247 Å². The van der Waals surface area contributed by atoms with Crippen molar-refractivity contribution < 1.29 is 4.42 Å². The van der Waals surface area contributed by atoms with E-state index in [0.29, 0.717) is 0 Å². The topological polar surface area (TPSA) is 23.0 Å². The largest absolute Gasteiger partial charge is 0.456 e. The molecule has 3 heterocycles. The summed E-state index contributed by atoms with van der Waals surface area (Å²) < 4.78 is 11.2. The normalized spacial score (nSPS) is 12.1. The number of nitrogens with zero attached hydrogens (tertiary/aromatic N) is 2. The number of para-hydroxylation sites is 3. The molecule has 0 atom stereocenters. The highest BCUT2D eigenvalue weighted by atomic mass is 28.3. The van der Waals surface area contributed by atoms with Crippen molar-refractivity contribution in [1.82, 2.24) is 9.13 Å². The molecule has 0 N–H and O–H groups in total. The standard InChI is InChI=1S/C60H40N2OSi/c1-4-17-44(18-5-1)64(45-19-6-2-7-20-45,46-21-8-3-9-22-46)47-35-32-42(33-36-47)61-54-27-13-11-24-50(54)53-40-43(34-38-57(53)61)62-55-28-14-10-23-49(55)52-39-41(31-37-56(52)62)48-26-16-30-59-60(48)51-25-12-15-29-58(51)63-59/h1-40H. The zero-order chi connectivity index (χ0) is 42.2. The summed E-state index contributed by atoms with van der Waals surface area (Å²) >= 11 is 0. The van der Waals surface area contributed by atoms with Crippen molar-refractivity contribution in [2.75, 3.05) is 0 Å². The van der Waals surface area contributed by atoms with E-state index < -0.39 is 8.07 Å².